The molecule has 0 saturated heterocycles. The maximum Gasteiger partial charge on any atom is 0.223 e. The molecule has 3 atom stereocenters. The van der Waals surface area contributed by atoms with E-state index in [4.69, 9.17) is 4.74 Å². The van der Waals surface area contributed by atoms with Crippen LogP contribution in [0.15, 0.2) is 24.3 Å². The van der Waals surface area contributed by atoms with E-state index in [1.165, 1.54) is 6.42 Å². The number of nitrogens with one attached hydrogen (secondary N) is 1. The Bertz CT molecular complexity index is 458. The maximum atomic E-state index is 12.2. The monoisotopic (exact) mass is 259 g/mol. The summed E-state index contributed by atoms with van der Waals surface area (Å²) in [5.74, 6) is 3.04. The van der Waals surface area contributed by atoms with Gasteiger partial charge < -0.3 is 10.1 Å². The zero-order valence-corrected chi connectivity index (χ0v) is 11.6. The van der Waals surface area contributed by atoms with E-state index in [1.54, 1.807) is 7.11 Å². The van der Waals surface area contributed by atoms with E-state index < -0.39 is 0 Å². The number of ether oxygens (including phenoxy) is 1. The van der Waals surface area contributed by atoms with Crippen LogP contribution in [0, 0.1) is 17.8 Å². The van der Waals surface area contributed by atoms with Gasteiger partial charge >= 0.3 is 0 Å². The van der Waals surface area contributed by atoms with Gasteiger partial charge in [0, 0.05) is 5.92 Å². The summed E-state index contributed by atoms with van der Waals surface area (Å²) in [6.07, 6.45) is 3.56. The Morgan fingerprint density at radius 1 is 1.21 bits per heavy atom. The minimum absolute atomic E-state index is 0.0651. The first-order valence-corrected chi connectivity index (χ1v) is 7.11. The fraction of sp³-hybridized carbons (Fsp3) is 0.562. The number of hydrogen-bond donors (Lipinski definition) is 1. The summed E-state index contributed by atoms with van der Waals surface area (Å²) in [5.41, 5.74) is 1.12. The average Bonchev–Trinajstić information content (AvgIpc) is 3.05. The Morgan fingerprint density at radius 3 is 2.42 bits per heavy atom. The fourth-order valence-corrected chi connectivity index (χ4v) is 3.24. The summed E-state index contributed by atoms with van der Waals surface area (Å²) < 4.78 is 5.14. The Labute approximate surface area is 114 Å². The minimum Gasteiger partial charge on any atom is -0.497 e. The second-order valence-electron chi connectivity index (χ2n) is 5.93. The second-order valence-corrected chi connectivity index (χ2v) is 5.93. The number of hydrogen-bond acceptors (Lipinski definition) is 2. The van der Waals surface area contributed by atoms with Gasteiger partial charge in [-0.2, -0.15) is 0 Å². The first-order chi connectivity index (χ1) is 9.17. The highest BCUT2D eigenvalue weighted by atomic mass is 16.5. The number of benzene rings is 1. The largest absolute Gasteiger partial charge is 0.497 e. The molecule has 1 aromatic rings. The standard InChI is InChI=1S/C16H21NO2/c1-10(11-3-5-15(19-2)6-4-11)17-16(18)14-8-12-7-13(12)9-14/h3-6,10,12-14H,7-9H2,1-2H3,(H,17,18)/t10-,12?,13?,14?/m0/s1. The average molecular weight is 259 g/mol. The first kappa shape index (κ1) is 12.5. The van der Waals surface area contributed by atoms with Gasteiger partial charge in [0.25, 0.3) is 0 Å². The smallest absolute Gasteiger partial charge is 0.223 e. The molecular weight excluding hydrogens is 238 g/mol. The fourth-order valence-electron chi connectivity index (χ4n) is 3.24. The quantitative estimate of drug-likeness (QED) is 0.903. The van der Waals surface area contributed by atoms with Crippen LogP contribution < -0.4 is 10.1 Å². The normalized spacial score (nSPS) is 29.5. The molecule has 2 saturated carbocycles. The first-order valence-electron chi connectivity index (χ1n) is 7.11. The van der Waals surface area contributed by atoms with Gasteiger partial charge in [-0.1, -0.05) is 12.1 Å². The number of rotatable bonds is 4. The molecular formula is C16H21NO2. The Kier molecular flexibility index (Phi) is 3.21. The molecule has 0 spiro atoms. The van der Waals surface area contributed by atoms with Gasteiger partial charge in [0.05, 0.1) is 13.2 Å². The minimum atomic E-state index is 0.0651. The van der Waals surface area contributed by atoms with Crippen LogP contribution in [0.5, 0.6) is 5.75 Å². The molecule has 3 nitrogen and oxygen atoms in total. The van der Waals surface area contributed by atoms with Crippen molar-refractivity contribution in [1.82, 2.24) is 5.32 Å². The van der Waals surface area contributed by atoms with Crippen LogP contribution in [0.4, 0.5) is 0 Å². The van der Waals surface area contributed by atoms with Gasteiger partial charge in [0.2, 0.25) is 5.91 Å². The molecule has 3 rings (SSSR count). The molecule has 0 aliphatic heterocycles. The van der Waals surface area contributed by atoms with Crippen molar-refractivity contribution in [2.24, 2.45) is 17.8 Å². The SMILES string of the molecule is COc1ccc([C@H](C)NC(=O)C2CC3CC3C2)cc1. The lowest BCUT2D eigenvalue weighted by Gasteiger charge is -2.18. The van der Waals surface area contributed by atoms with Crippen LogP contribution >= 0.6 is 0 Å². The third kappa shape index (κ3) is 2.60. The second kappa shape index (κ2) is 4.87. The highest BCUT2D eigenvalue weighted by Crippen LogP contribution is 2.54. The van der Waals surface area contributed by atoms with E-state index >= 15 is 0 Å². The lowest BCUT2D eigenvalue weighted by molar-refractivity contribution is -0.125. The van der Waals surface area contributed by atoms with Crippen molar-refractivity contribution in [2.45, 2.75) is 32.2 Å². The highest BCUT2D eigenvalue weighted by Gasteiger charge is 2.48. The molecule has 0 radical (unpaired) electrons. The van der Waals surface area contributed by atoms with Crippen LogP contribution in [0.1, 0.15) is 37.8 Å². The topological polar surface area (TPSA) is 38.3 Å². The molecule has 102 valence electrons. The number of carbonyl (C=O) groups excluding carboxylic acids is 1. The molecule has 3 heteroatoms. The van der Waals surface area contributed by atoms with Crippen molar-refractivity contribution in [3.63, 3.8) is 0 Å². The lowest BCUT2D eigenvalue weighted by atomic mass is 10.0. The molecule has 2 aliphatic carbocycles. The Hall–Kier alpha value is -1.51. The van der Waals surface area contributed by atoms with Crippen LogP contribution in [0.3, 0.4) is 0 Å². The van der Waals surface area contributed by atoms with Crippen LogP contribution in [-0.2, 0) is 4.79 Å². The van der Waals surface area contributed by atoms with Gasteiger partial charge in [-0.25, -0.2) is 0 Å². The molecule has 0 aromatic heterocycles. The predicted molar refractivity (Wildman–Crippen MR) is 73.9 cm³/mol. The number of carbonyl (C=O) groups is 1. The van der Waals surface area contributed by atoms with Crippen molar-refractivity contribution in [1.29, 1.82) is 0 Å². The molecule has 19 heavy (non-hydrogen) atoms. The number of amides is 1. The summed E-state index contributed by atoms with van der Waals surface area (Å²) in [4.78, 5) is 12.2. The number of methoxy groups -OCH3 is 1. The highest BCUT2D eigenvalue weighted by molar-refractivity contribution is 5.79. The van der Waals surface area contributed by atoms with E-state index in [2.05, 4.69) is 5.32 Å². The van der Waals surface area contributed by atoms with Crippen molar-refractivity contribution >= 4 is 5.91 Å². The van der Waals surface area contributed by atoms with E-state index in [1.807, 2.05) is 31.2 Å². The number of fused-ring (bicyclic) bond motifs is 1. The van der Waals surface area contributed by atoms with Gasteiger partial charge in [-0.05, 0) is 55.7 Å². The molecule has 1 aromatic carbocycles. The van der Waals surface area contributed by atoms with Gasteiger partial charge in [0.1, 0.15) is 5.75 Å². The van der Waals surface area contributed by atoms with E-state index in [9.17, 15) is 4.79 Å². The molecule has 1 N–H and O–H groups in total. The van der Waals surface area contributed by atoms with Gasteiger partial charge in [0.15, 0.2) is 0 Å². The summed E-state index contributed by atoms with van der Waals surface area (Å²) >= 11 is 0. The third-order valence-electron chi connectivity index (χ3n) is 4.59. The van der Waals surface area contributed by atoms with Crippen molar-refractivity contribution in [3.8, 4) is 5.75 Å². The summed E-state index contributed by atoms with van der Waals surface area (Å²) in [7, 11) is 1.66. The molecule has 2 unspecified atom stereocenters. The van der Waals surface area contributed by atoms with Gasteiger partial charge in [-0.3, -0.25) is 4.79 Å². The lowest BCUT2D eigenvalue weighted by Crippen LogP contribution is -2.32. The molecule has 2 fully saturated rings. The molecule has 0 heterocycles. The Morgan fingerprint density at radius 2 is 1.84 bits per heavy atom. The van der Waals surface area contributed by atoms with Crippen LogP contribution in [-0.4, -0.2) is 13.0 Å². The summed E-state index contributed by atoms with van der Waals surface area (Å²) in [6.45, 7) is 2.04. The summed E-state index contributed by atoms with van der Waals surface area (Å²) in [5, 5.41) is 3.14. The van der Waals surface area contributed by atoms with E-state index in [-0.39, 0.29) is 17.9 Å². The van der Waals surface area contributed by atoms with Gasteiger partial charge in [-0.15, -0.1) is 0 Å². The molecule has 1 amide bonds. The van der Waals surface area contributed by atoms with E-state index in [0.29, 0.717) is 0 Å². The molecule has 2 aliphatic rings. The van der Waals surface area contributed by atoms with E-state index in [0.717, 1.165) is 36.0 Å². The van der Waals surface area contributed by atoms with Crippen molar-refractivity contribution < 1.29 is 9.53 Å². The predicted octanol–water partition coefficient (Wildman–Crippen LogP) is 2.92. The van der Waals surface area contributed by atoms with Crippen LogP contribution in [0.25, 0.3) is 0 Å². The summed E-state index contributed by atoms with van der Waals surface area (Å²) in [6, 6.07) is 7.95. The molecule has 0 bridgehead atoms. The van der Waals surface area contributed by atoms with Crippen LogP contribution in [0.2, 0.25) is 0 Å². The zero-order chi connectivity index (χ0) is 13.4. The Balaban J connectivity index is 1.57. The zero-order valence-electron chi connectivity index (χ0n) is 11.6. The van der Waals surface area contributed by atoms with Crippen molar-refractivity contribution in [3.05, 3.63) is 29.8 Å². The third-order valence-corrected chi connectivity index (χ3v) is 4.59. The maximum absolute atomic E-state index is 12.2. The van der Waals surface area contributed by atoms with Crippen molar-refractivity contribution in [2.75, 3.05) is 7.11 Å².